The monoisotopic (exact) mass is 225 g/mol. The summed E-state index contributed by atoms with van der Waals surface area (Å²) < 4.78 is 0. The van der Waals surface area contributed by atoms with Gasteiger partial charge in [-0.3, -0.25) is 4.98 Å². The molecule has 1 heteroatoms. The van der Waals surface area contributed by atoms with E-state index in [1.54, 1.807) is 0 Å². The molecule has 88 valence electrons. The van der Waals surface area contributed by atoms with Crippen LogP contribution in [0, 0.1) is 6.92 Å². The predicted octanol–water partition coefficient (Wildman–Crippen LogP) is 4.70. The molecule has 0 aliphatic rings. The summed E-state index contributed by atoms with van der Waals surface area (Å²) in [7, 11) is 0. The van der Waals surface area contributed by atoms with Crippen LogP contribution < -0.4 is 0 Å². The van der Waals surface area contributed by atoms with E-state index in [1.807, 2.05) is 6.20 Å². The van der Waals surface area contributed by atoms with Crippen molar-refractivity contribution in [3.05, 3.63) is 47.2 Å². The number of aryl methyl sites for hydroxylation is 1. The molecule has 0 radical (unpaired) electrons. The Morgan fingerprint density at radius 1 is 1.18 bits per heavy atom. The van der Waals surface area contributed by atoms with Crippen molar-refractivity contribution in [1.82, 2.24) is 4.98 Å². The zero-order valence-corrected chi connectivity index (χ0v) is 11.0. The minimum absolute atomic E-state index is 0.520. The first-order valence-corrected chi connectivity index (χ1v) is 6.16. The van der Waals surface area contributed by atoms with Gasteiger partial charge in [-0.05, 0) is 48.6 Å². The number of fused-ring (bicyclic) bond motifs is 1. The Balaban J connectivity index is 2.89. The number of allylic oxidation sites excluding steroid dienone is 1. The minimum atomic E-state index is 0.520. The summed E-state index contributed by atoms with van der Waals surface area (Å²) >= 11 is 0. The summed E-state index contributed by atoms with van der Waals surface area (Å²) in [6, 6.07) is 6.40. The number of hydrogen-bond donors (Lipinski definition) is 0. The molecule has 2 rings (SSSR count). The van der Waals surface area contributed by atoms with E-state index >= 15 is 0 Å². The minimum Gasteiger partial charge on any atom is -0.256 e. The molecule has 1 nitrogen and oxygen atoms in total. The molecule has 0 atom stereocenters. The van der Waals surface area contributed by atoms with Crippen LogP contribution in [0.3, 0.4) is 0 Å². The summed E-state index contributed by atoms with van der Waals surface area (Å²) in [5.74, 6) is 0.520. The molecule has 1 aromatic heterocycles. The highest BCUT2D eigenvalue weighted by atomic mass is 14.6. The van der Waals surface area contributed by atoms with Gasteiger partial charge in [-0.1, -0.05) is 32.1 Å². The standard InChI is InChI=1S/C16H19N/c1-5-6-14-12(4)7-8-15-16(14)13(11(2)3)9-10-17-15/h5-11H,1-4H3/b6-5-. The van der Waals surface area contributed by atoms with Crippen LogP contribution in [0.2, 0.25) is 0 Å². The van der Waals surface area contributed by atoms with Crippen LogP contribution in [0.5, 0.6) is 0 Å². The highest BCUT2D eigenvalue weighted by Crippen LogP contribution is 2.29. The first-order chi connectivity index (χ1) is 8.15. The van der Waals surface area contributed by atoms with E-state index in [-0.39, 0.29) is 0 Å². The highest BCUT2D eigenvalue weighted by Gasteiger charge is 2.10. The first-order valence-electron chi connectivity index (χ1n) is 6.16. The Morgan fingerprint density at radius 3 is 2.59 bits per heavy atom. The maximum absolute atomic E-state index is 4.47. The van der Waals surface area contributed by atoms with Gasteiger partial charge in [-0.2, -0.15) is 0 Å². The third-order valence-corrected chi connectivity index (χ3v) is 3.15. The van der Waals surface area contributed by atoms with Crippen molar-refractivity contribution in [2.75, 3.05) is 0 Å². The Labute approximate surface area is 103 Å². The fourth-order valence-electron chi connectivity index (χ4n) is 2.27. The van der Waals surface area contributed by atoms with Crippen molar-refractivity contribution in [2.45, 2.75) is 33.6 Å². The van der Waals surface area contributed by atoms with E-state index < -0.39 is 0 Å². The second-order valence-electron chi connectivity index (χ2n) is 4.75. The lowest BCUT2D eigenvalue weighted by atomic mass is 9.93. The molecule has 0 unspecified atom stereocenters. The van der Waals surface area contributed by atoms with Gasteiger partial charge in [-0.15, -0.1) is 0 Å². The number of nitrogens with zero attached hydrogens (tertiary/aromatic N) is 1. The molecule has 0 amide bonds. The Kier molecular flexibility index (Phi) is 3.28. The fraction of sp³-hybridized carbons (Fsp3) is 0.312. The van der Waals surface area contributed by atoms with Crippen molar-refractivity contribution >= 4 is 17.0 Å². The lowest BCUT2D eigenvalue weighted by Gasteiger charge is -2.13. The largest absolute Gasteiger partial charge is 0.256 e. The molecule has 0 aliphatic carbocycles. The molecule has 0 fully saturated rings. The molecule has 1 heterocycles. The molecule has 0 aliphatic heterocycles. The van der Waals surface area contributed by atoms with E-state index in [0.717, 1.165) is 5.52 Å². The predicted molar refractivity (Wildman–Crippen MR) is 75.3 cm³/mol. The van der Waals surface area contributed by atoms with Crippen molar-refractivity contribution in [2.24, 2.45) is 0 Å². The number of pyridine rings is 1. The smallest absolute Gasteiger partial charge is 0.0711 e. The first kappa shape index (κ1) is 11.8. The van der Waals surface area contributed by atoms with Crippen LogP contribution in [0.25, 0.3) is 17.0 Å². The maximum Gasteiger partial charge on any atom is 0.0711 e. The third-order valence-electron chi connectivity index (χ3n) is 3.15. The van der Waals surface area contributed by atoms with Gasteiger partial charge in [0.05, 0.1) is 5.52 Å². The SMILES string of the molecule is C/C=C\c1c(C)ccc2nccc(C(C)C)c12. The molecule has 17 heavy (non-hydrogen) atoms. The Hall–Kier alpha value is -1.63. The zero-order chi connectivity index (χ0) is 12.4. The second kappa shape index (κ2) is 4.70. The van der Waals surface area contributed by atoms with Crippen LogP contribution in [0.4, 0.5) is 0 Å². The van der Waals surface area contributed by atoms with Crippen LogP contribution in [-0.2, 0) is 0 Å². The van der Waals surface area contributed by atoms with E-state index in [9.17, 15) is 0 Å². The third kappa shape index (κ3) is 2.10. The quantitative estimate of drug-likeness (QED) is 0.722. The van der Waals surface area contributed by atoms with Crippen LogP contribution in [0.1, 0.15) is 43.4 Å². The van der Waals surface area contributed by atoms with Gasteiger partial charge < -0.3 is 0 Å². The van der Waals surface area contributed by atoms with E-state index in [2.05, 4.69) is 63.0 Å². The van der Waals surface area contributed by atoms with Crippen molar-refractivity contribution in [3.63, 3.8) is 0 Å². The van der Waals surface area contributed by atoms with Gasteiger partial charge >= 0.3 is 0 Å². The molecule has 0 bridgehead atoms. The zero-order valence-electron chi connectivity index (χ0n) is 11.0. The normalized spacial score (nSPS) is 11.8. The lowest BCUT2D eigenvalue weighted by molar-refractivity contribution is 0.874. The van der Waals surface area contributed by atoms with Crippen LogP contribution in [-0.4, -0.2) is 4.98 Å². The van der Waals surface area contributed by atoms with Gasteiger partial charge in [-0.25, -0.2) is 0 Å². The highest BCUT2D eigenvalue weighted by molar-refractivity contribution is 5.92. The molecular weight excluding hydrogens is 206 g/mol. The fourth-order valence-corrected chi connectivity index (χ4v) is 2.27. The van der Waals surface area contributed by atoms with Crippen molar-refractivity contribution < 1.29 is 0 Å². The molecule has 0 saturated carbocycles. The molecule has 2 aromatic rings. The van der Waals surface area contributed by atoms with Crippen LogP contribution in [0.15, 0.2) is 30.5 Å². The number of rotatable bonds is 2. The molecule has 0 N–H and O–H groups in total. The van der Waals surface area contributed by atoms with Crippen LogP contribution >= 0.6 is 0 Å². The average Bonchev–Trinajstić information content (AvgIpc) is 2.32. The number of hydrogen-bond acceptors (Lipinski definition) is 1. The summed E-state index contributed by atoms with van der Waals surface area (Å²) in [6.45, 7) is 8.68. The Bertz CT molecular complexity index is 565. The van der Waals surface area contributed by atoms with Crippen molar-refractivity contribution in [1.29, 1.82) is 0 Å². The molecule has 0 spiro atoms. The molecular formula is C16H19N. The number of benzene rings is 1. The van der Waals surface area contributed by atoms with E-state index in [1.165, 1.54) is 22.1 Å². The second-order valence-corrected chi connectivity index (χ2v) is 4.75. The average molecular weight is 225 g/mol. The van der Waals surface area contributed by atoms with Crippen molar-refractivity contribution in [3.8, 4) is 0 Å². The summed E-state index contributed by atoms with van der Waals surface area (Å²) in [5, 5.41) is 1.31. The summed E-state index contributed by atoms with van der Waals surface area (Å²) in [5.41, 5.74) is 5.09. The summed E-state index contributed by atoms with van der Waals surface area (Å²) in [6.07, 6.45) is 6.19. The van der Waals surface area contributed by atoms with Gasteiger partial charge in [0.25, 0.3) is 0 Å². The molecule has 0 saturated heterocycles. The van der Waals surface area contributed by atoms with E-state index in [4.69, 9.17) is 0 Å². The Morgan fingerprint density at radius 2 is 1.94 bits per heavy atom. The topological polar surface area (TPSA) is 12.9 Å². The number of aromatic nitrogens is 1. The maximum atomic E-state index is 4.47. The van der Waals surface area contributed by atoms with Gasteiger partial charge in [0.2, 0.25) is 0 Å². The van der Waals surface area contributed by atoms with E-state index in [0.29, 0.717) is 5.92 Å². The molecule has 1 aromatic carbocycles. The van der Waals surface area contributed by atoms with Gasteiger partial charge in [0.15, 0.2) is 0 Å². The summed E-state index contributed by atoms with van der Waals surface area (Å²) in [4.78, 5) is 4.47. The van der Waals surface area contributed by atoms with Gasteiger partial charge in [0, 0.05) is 11.6 Å². The van der Waals surface area contributed by atoms with Gasteiger partial charge in [0.1, 0.15) is 0 Å². The lowest BCUT2D eigenvalue weighted by Crippen LogP contribution is -1.95.